The molecule has 6 nitrogen and oxygen atoms in total. The number of carbonyl (C=O) groups is 3. The van der Waals surface area contributed by atoms with E-state index in [1.807, 2.05) is 41.8 Å². The number of anilines is 1. The number of nitrogens with zero attached hydrogens (tertiary/aromatic N) is 2. The lowest BCUT2D eigenvalue weighted by Crippen LogP contribution is -2.31. The summed E-state index contributed by atoms with van der Waals surface area (Å²) < 4.78 is 0.984. The van der Waals surface area contributed by atoms with Crippen LogP contribution < -0.4 is 5.32 Å². The minimum Gasteiger partial charge on any atom is -0.302 e. The first-order valence-corrected chi connectivity index (χ1v) is 10.6. The molecule has 1 N–H and O–H groups in total. The summed E-state index contributed by atoms with van der Waals surface area (Å²) in [5.41, 5.74) is 0.822. The Morgan fingerprint density at radius 1 is 1.19 bits per heavy atom. The van der Waals surface area contributed by atoms with Crippen LogP contribution in [0.25, 0.3) is 16.3 Å². The van der Waals surface area contributed by atoms with E-state index in [0.717, 1.165) is 31.8 Å². The molecule has 1 aliphatic rings. The maximum atomic E-state index is 12.4. The van der Waals surface area contributed by atoms with Gasteiger partial charge in [-0.05, 0) is 41.4 Å². The van der Waals surface area contributed by atoms with Crippen LogP contribution >= 0.6 is 34.4 Å². The van der Waals surface area contributed by atoms with Crippen LogP contribution in [0, 0.1) is 0 Å². The first-order valence-electron chi connectivity index (χ1n) is 8.04. The molecule has 27 heavy (non-hydrogen) atoms. The number of fused-ring (bicyclic) bond motifs is 1. The average molecular weight is 416 g/mol. The van der Waals surface area contributed by atoms with E-state index in [2.05, 4.69) is 10.3 Å². The van der Waals surface area contributed by atoms with Gasteiger partial charge in [0.25, 0.3) is 11.1 Å². The Hall–Kier alpha value is -2.49. The first-order chi connectivity index (χ1) is 13.1. The fourth-order valence-corrected chi connectivity index (χ4v) is 4.99. The van der Waals surface area contributed by atoms with Crippen molar-refractivity contribution in [3.05, 3.63) is 51.6 Å². The Morgan fingerprint density at radius 2 is 2.04 bits per heavy atom. The molecule has 3 heterocycles. The van der Waals surface area contributed by atoms with Crippen molar-refractivity contribution >= 4 is 72.9 Å². The molecule has 0 unspecified atom stereocenters. The van der Waals surface area contributed by atoms with Gasteiger partial charge in [0.2, 0.25) is 5.91 Å². The Bertz CT molecular complexity index is 1020. The number of carbonyl (C=O) groups excluding carboxylic acids is 3. The number of thiophene rings is 1. The van der Waals surface area contributed by atoms with Gasteiger partial charge in [-0.2, -0.15) is 0 Å². The van der Waals surface area contributed by atoms with Gasteiger partial charge in [0.05, 0.1) is 15.1 Å². The number of imide groups is 1. The normalized spacial score (nSPS) is 15.9. The molecule has 2 aromatic heterocycles. The van der Waals surface area contributed by atoms with E-state index in [1.54, 1.807) is 6.08 Å². The number of benzene rings is 1. The zero-order valence-electron chi connectivity index (χ0n) is 13.9. The number of aromatic nitrogens is 1. The number of rotatable bonds is 5. The van der Waals surface area contributed by atoms with Gasteiger partial charge in [-0.1, -0.05) is 29.5 Å². The van der Waals surface area contributed by atoms with Crippen LogP contribution in [0.5, 0.6) is 0 Å². The molecule has 0 spiro atoms. The first kappa shape index (κ1) is 17.9. The van der Waals surface area contributed by atoms with Crippen molar-refractivity contribution in [3.63, 3.8) is 0 Å². The van der Waals surface area contributed by atoms with Crippen molar-refractivity contribution in [2.24, 2.45) is 0 Å². The second-order valence-electron chi connectivity index (χ2n) is 5.63. The minimum absolute atomic E-state index is 0.0280. The summed E-state index contributed by atoms with van der Waals surface area (Å²) in [4.78, 5) is 43.4. The number of hydrogen-bond acceptors (Lipinski definition) is 7. The van der Waals surface area contributed by atoms with Crippen LogP contribution in [0.2, 0.25) is 0 Å². The molecular weight excluding hydrogens is 402 g/mol. The van der Waals surface area contributed by atoms with Crippen molar-refractivity contribution in [2.75, 3.05) is 11.9 Å². The lowest BCUT2D eigenvalue weighted by atomic mass is 10.3. The third-order valence-corrected chi connectivity index (χ3v) is 6.47. The van der Waals surface area contributed by atoms with E-state index < -0.39 is 0 Å². The molecule has 0 bridgehead atoms. The third kappa shape index (κ3) is 3.95. The summed E-state index contributed by atoms with van der Waals surface area (Å²) in [6, 6.07) is 11.4. The van der Waals surface area contributed by atoms with E-state index in [1.165, 1.54) is 22.7 Å². The fraction of sp³-hybridized carbons (Fsp3) is 0.111. The molecule has 1 aliphatic heterocycles. The molecule has 0 atom stereocenters. The number of amides is 3. The highest BCUT2D eigenvalue weighted by Crippen LogP contribution is 2.33. The summed E-state index contributed by atoms with van der Waals surface area (Å²) in [6.07, 6.45) is 1.73. The van der Waals surface area contributed by atoms with Crippen molar-refractivity contribution in [2.45, 2.75) is 6.42 Å². The van der Waals surface area contributed by atoms with Gasteiger partial charge in [0.1, 0.15) is 0 Å². The molecule has 0 saturated carbocycles. The maximum Gasteiger partial charge on any atom is 0.293 e. The molecular formula is C18H13N3O3S3. The average Bonchev–Trinajstić information content (AvgIpc) is 3.34. The Labute approximate surface area is 166 Å². The predicted octanol–water partition coefficient (Wildman–Crippen LogP) is 4.42. The maximum absolute atomic E-state index is 12.4. The van der Waals surface area contributed by atoms with Gasteiger partial charge in [0, 0.05) is 17.8 Å². The van der Waals surface area contributed by atoms with Gasteiger partial charge >= 0.3 is 0 Å². The molecule has 3 aromatic rings. The van der Waals surface area contributed by atoms with Crippen molar-refractivity contribution in [1.82, 2.24) is 9.88 Å². The monoisotopic (exact) mass is 415 g/mol. The van der Waals surface area contributed by atoms with Gasteiger partial charge < -0.3 is 5.32 Å². The standard InChI is InChI=1S/C18H13N3O3S3/c22-15(20-17-19-12-5-1-2-6-13(12)26-17)7-8-21-16(23)14(27-18(21)24)10-11-4-3-9-25-11/h1-6,9-10H,7-8H2,(H,19,20,22). The highest BCUT2D eigenvalue weighted by molar-refractivity contribution is 8.18. The van der Waals surface area contributed by atoms with E-state index >= 15 is 0 Å². The van der Waals surface area contributed by atoms with Crippen LogP contribution in [-0.2, 0) is 9.59 Å². The van der Waals surface area contributed by atoms with Crippen LogP contribution in [0.1, 0.15) is 11.3 Å². The number of thioether (sulfide) groups is 1. The van der Waals surface area contributed by atoms with Gasteiger partial charge in [-0.3, -0.25) is 19.3 Å². The summed E-state index contributed by atoms with van der Waals surface area (Å²) in [7, 11) is 0. The third-order valence-electron chi connectivity index (χ3n) is 3.79. The summed E-state index contributed by atoms with van der Waals surface area (Å²) >= 11 is 3.78. The quantitative estimate of drug-likeness (QED) is 0.624. The zero-order valence-corrected chi connectivity index (χ0v) is 16.3. The SMILES string of the molecule is O=C(CCN1C(=O)SC(=Cc2cccs2)C1=O)Nc1nc2ccccc2s1. The Morgan fingerprint density at radius 3 is 2.81 bits per heavy atom. The topological polar surface area (TPSA) is 79.4 Å². The van der Waals surface area contributed by atoms with Crippen LogP contribution in [-0.4, -0.2) is 33.5 Å². The number of hydrogen-bond donors (Lipinski definition) is 1. The lowest BCUT2D eigenvalue weighted by molar-refractivity contribution is -0.123. The van der Waals surface area contributed by atoms with Gasteiger partial charge in [0.15, 0.2) is 5.13 Å². The van der Waals surface area contributed by atoms with E-state index in [4.69, 9.17) is 0 Å². The smallest absolute Gasteiger partial charge is 0.293 e. The second-order valence-corrected chi connectivity index (χ2v) is 8.64. The Balaban J connectivity index is 1.37. The number of para-hydroxylation sites is 1. The van der Waals surface area contributed by atoms with Crippen LogP contribution in [0.15, 0.2) is 46.7 Å². The van der Waals surface area contributed by atoms with E-state index in [9.17, 15) is 14.4 Å². The second kappa shape index (κ2) is 7.63. The van der Waals surface area contributed by atoms with Crippen molar-refractivity contribution in [1.29, 1.82) is 0 Å². The molecule has 0 radical (unpaired) electrons. The molecule has 9 heteroatoms. The summed E-state index contributed by atoms with van der Waals surface area (Å²) in [5.74, 6) is -0.637. The van der Waals surface area contributed by atoms with Gasteiger partial charge in [-0.25, -0.2) is 4.98 Å². The lowest BCUT2D eigenvalue weighted by Gasteiger charge is -2.11. The molecule has 136 valence electrons. The van der Waals surface area contributed by atoms with E-state index in [-0.39, 0.29) is 30.0 Å². The number of thiazole rings is 1. The highest BCUT2D eigenvalue weighted by Gasteiger charge is 2.35. The molecule has 4 rings (SSSR count). The molecule has 3 amide bonds. The summed E-state index contributed by atoms with van der Waals surface area (Å²) in [5, 5.41) is 4.79. The minimum atomic E-state index is -0.355. The van der Waals surface area contributed by atoms with Crippen molar-refractivity contribution < 1.29 is 14.4 Å². The van der Waals surface area contributed by atoms with Crippen LogP contribution in [0.3, 0.4) is 0 Å². The summed E-state index contributed by atoms with van der Waals surface area (Å²) in [6.45, 7) is 0.0448. The van der Waals surface area contributed by atoms with Crippen molar-refractivity contribution in [3.8, 4) is 0 Å². The fourth-order valence-electron chi connectivity index (χ4n) is 2.52. The predicted molar refractivity (Wildman–Crippen MR) is 110 cm³/mol. The zero-order chi connectivity index (χ0) is 18.8. The van der Waals surface area contributed by atoms with Crippen LogP contribution in [0.4, 0.5) is 9.93 Å². The molecule has 1 aromatic carbocycles. The Kier molecular flexibility index (Phi) is 5.06. The highest BCUT2D eigenvalue weighted by atomic mass is 32.2. The molecule has 0 aliphatic carbocycles. The van der Waals surface area contributed by atoms with E-state index in [0.29, 0.717) is 10.0 Å². The molecule has 1 fully saturated rings. The largest absolute Gasteiger partial charge is 0.302 e. The molecule has 1 saturated heterocycles. The number of nitrogens with one attached hydrogen (secondary N) is 1. The van der Waals surface area contributed by atoms with Gasteiger partial charge in [-0.15, -0.1) is 11.3 Å².